The molecule has 0 spiro atoms. The quantitative estimate of drug-likeness (QED) is 0.499. The maximum atomic E-state index is 12.2. The maximum Gasteiger partial charge on any atom is 0.244 e. The van der Waals surface area contributed by atoms with Gasteiger partial charge in [-0.1, -0.05) is 18.2 Å². The van der Waals surface area contributed by atoms with Gasteiger partial charge in [0.2, 0.25) is 11.8 Å². The largest absolute Gasteiger partial charge is 0.487 e. The molecule has 0 radical (unpaired) electrons. The Morgan fingerprint density at radius 2 is 1.88 bits per heavy atom. The second-order valence-corrected chi connectivity index (χ2v) is 7.76. The summed E-state index contributed by atoms with van der Waals surface area (Å²) < 4.78 is 11.7. The first-order chi connectivity index (χ1) is 15.7. The highest BCUT2D eigenvalue weighted by molar-refractivity contribution is 5.91. The highest BCUT2D eigenvalue weighted by Crippen LogP contribution is 2.23. The number of hydrogen-bond acceptors (Lipinski definition) is 5. The Balaban J connectivity index is 1.23. The van der Waals surface area contributed by atoms with Gasteiger partial charge >= 0.3 is 0 Å². The molecule has 32 heavy (non-hydrogen) atoms. The van der Waals surface area contributed by atoms with Gasteiger partial charge in [0.1, 0.15) is 18.5 Å². The van der Waals surface area contributed by atoms with Crippen LogP contribution in [0.5, 0.6) is 11.6 Å². The first-order valence-corrected chi connectivity index (χ1v) is 10.9. The number of nitrogens with zero attached hydrogens (tertiary/aromatic N) is 2. The SMILES string of the molecule is O=C(/C=C/c1ccc(OCc2ccccn2)cc1)NCc1ccnc(OC2CCCC2)c1. The van der Waals surface area contributed by atoms with Crippen molar-refractivity contribution in [3.8, 4) is 11.6 Å². The van der Waals surface area contributed by atoms with Gasteiger partial charge in [0, 0.05) is 31.1 Å². The van der Waals surface area contributed by atoms with E-state index in [4.69, 9.17) is 9.47 Å². The number of amides is 1. The summed E-state index contributed by atoms with van der Waals surface area (Å²) in [5.74, 6) is 1.23. The molecule has 1 amide bonds. The maximum absolute atomic E-state index is 12.2. The first-order valence-electron chi connectivity index (χ1n) is 10.9. The summed E-state index contributed by atoms with van der Waals surface area (Å²) in [6, 6.07) is 17.1. The zero-order valence-electron chi connectivity index (χ0n) is 17.9. The molecule has 0 unspecified atom stereocenters. The van der Waals surface area contributed by atoms with E-state index in [1.54, 1.807) is 18.5 Å². The van der Waals surface area contributed by atoms with E-state index in [0.717, 1.165) is 35.4 Å². The summed E-state index contributed by atoms with van der Waals surface area (Å²) in [5, 5.41) is 2.90. The number of carbonyl (C=O) groups excluding carboxylic acids is 1. The van der Waals surface area contributed by atoms with Crippen LogP contribution in [0.4, 0.5) is 0 Å². The highest BCUT2D eigenvalue weighted by Gasteiger charge is 2.17. The normalized spacial score (nSPS) is 13.9. The van der Waals surface area contributed by atoms with Gasteiger partial charge in [-0.25, -0.2) is 4.98 Å². The van der Waals surface area contributed by atoms with Gasteiger partial charge in [-0.2, -0.15) is 0 Å². The van der Waals surface area contributed by atoms with Crippen molar-refractivity contribution >= 4 is 12.0 Å². The van der Waals surface area contributed by atoms with Gasteiger partial charge in [0.05, 0.1) is 5.69 Å². The Labute approximate surface area is 188 Å². The molecule has 1 aromatic carbocycles. The van der Waals surface area contributed by atoms with Crippen LogP contribution in [0.2, 0.25) is 0 Å². The van der Waals surface area contributed by atoms with Crippen molar-refractivity contribution in [2.45, 2.75) is 44.9 Å². The smallest absolute Gasteiger partial charge is 0.244 e. The minimum Gasteiger partial charge on any atom is -0.487 e. The average Bonchev–Trinajstić information content (AvgIpc) is 3.35. The molecular formula is C26H27N3O3. The molecule has 3 aromatic rings. The fourth-order valence-electron chi connectivity index (χ4n) is 3.54. The van der Waals surface area contributed by atoms with Gasteiger partial charge in [-0.15, -0.1) is 0 Å². The van der Waals surface area contributed by atoms with Crippen molar-refractivity contribution in [2.24, 2.45) is 0 Å². The van der Waals surface area contributed by atoms with Crippen molar-refractivity contribution in [1.29, 1.82) is 0 Å². The topological polar surface area (TPSA) is 73.3 Å². The summed E-state index contributed by atoms with van der Waals surface area (Å²) in [4.78, 5) is 20.7. The number of hydrogen-bond donors (Lipinski definition) is 1. The number of rotatable bonds is 9. The van der Waals surface area contributed by atoms with Crippen molar-refractivity contribution in [3.63, 3.8) is 0 Å². The second-order valence-electron chi connectivity index (χ2n) is 7.76. The molecule has 2 aromatic heterocycles. The number of pyridine rings is 2. The standard InChI is InChI=1S/C26H27N3O3/c30-25(29-18-21-14-16-28-26(17-21)32-24-6-1-2-7-24)13-10-20-8-11-23(12-9-20)31-19-22-5-3-4-15-27-22/h3-5,8-17,24H,1-2,6-7,18-19H2,(H,29,30)/b13-10+. The van der Waals surface area contributed by atoms with Crippen molar-refractivity contribution in [2.75, 3.05) is 0 Å². The Hall–Kier alpha value is -3.67. The highest BCUT2D eigenvalue weighted by atomic mass is 16.5. The Kier molecular flexibility index (Phi) is 7.47. The molecule has 0 aliphatic heterocycles. The Morgan fingerprint density at radius 3 is 2.66 bits per heavy atom. The van der Waals surface area contributed by atoms with Crippen LogP contribution >= 0.6 is 0 Å². The number of carbonyl (C=O) groups is 1. The van der Waals surface area contributed by atoms with Gasteiger partial charge in [0.15, 0.2) is 0 Å². The van der Waals surface area contributed by atoms with Crippen LogP contribution in [0.1, 0.15) is 42.5 Å². The molecule has 164 valence electrons. The third-order valence-corrected chi connectivity index (χ3v) is 5.28. The molecule has 0 atom stereocenters. The monoisotopic (exact) mass is 429 g/mol. The van der Waals surface area contributed by atoms with Gasteiger partial charge in [-0.3, -0.25) is 9.78 Å². The number of ether oxygens (including phenoxy) is 2. The molecule has 2 heterocycles. The van der Waals surface area contributed by atoms with Crippen LogP contribution in [0, 0.1) is 0 Å². The molecule has 1 N–H and O–H groups in total. The minimum absolute atomic E-state index is 0.157. The van der Waals surface area contributed by atoms with Crippen LogP contribution in [-0.2, 0) is 17.9 Å². The molecule has 6 nitrogen and oxygen atoms in total. The van der Waals surface area contributed by atoms with Gasteiger partial charge < -0.3 is 14.8 Å². The molecular weight excluding hydrogens is 402 g/mol. The molecule has 6 heteroatoms. The zero-order chi connectivity index (χ0) is 22.0. The number of nitrogens with one attached hydrogen (secondary N) is 1. The number of benzene rings is 1. The molecule has 0 bridgehead atoms. The van der Waals surface area contributed by atoms with Crippen LogP contribution < -0.4 is 14.8 Å². The fourth-order valence-corrected chi connectivity index (χ4v) is 3.54. The Bertz CT molecular complexity index is 1030. The van der Waals surface area contributed by atoms with E-state index in [9.17, 15) is 4.79 Å². The summed E-state index contributed by atoms with van der Waals surface area (Å²) in [6.45, 7) is 0.841. The van der Waals surface area contributed by atoms with E-state index in [2.05, 4.69) is 15.3 Å². The molecule has 1 aliphatic carbocycles. The third kappa shape index (κ3) is 6.67. The summed E-state index contributed by atoms with van der Waals surface area (Å²) in [6.07, 6.45) is 11.6. The average molecular weight is 430 g/mol. The molecule has 0 saturated heterocycles. The molecule has 1 fully saturated rings. The molecule has 1 saturated carbocycles. The van der Waals surface area contributed by atoms with E-state index in [1.807, 2.05) is 54.6 Å². The van der Waals surface area contributed by atoms with Crippen LogP contribution in [0.15, 0.2) is 73.1 Å². The van der Waals surface area contributed by atoms with Crippen molar-refractivity contribution in [1.82, 2.24) is 15.3 Å². The summed E-state index contributed by atoms with van der Waals surface area (Å²) in [7, 11) is 0. The number of aromatic nitrogens is 2. The van der Waals surface area contributed by atoms with E-state index in [0.29, 0.717) is 19.0 Å². The Morgan fingerprint density at radius 1 is 1.03 bits per heavy atom. The lowest BCUT2D eigenvalue weighted by Gasteiger charge is -2.12. The lowest BCUT2D eigenvalue weighted by Crippen LogP contribution is -2.20. The predicted octanol–water partition coefficient (Wildman–Crippen LogP) is 4.71. The van der Waals surface area contributed by atoms with Crippen LogP contribution in [-0.4, -0.2) is 22.0 Å². The molecule has 4 rings (SSSR count). The van der Waals surface area contributed by atoms with Crippen molar-refractivity contribution < 1.29 is 14.3 Å². The predicted molar refractivity (Wildman–Crippen MR) is 123 cm³/mol. The summed E-state index contributed by atoms with van der Waals surface area (Å²) in [5.41, 5.74) is 2.75. The van der Waals surface area contributed by atoms with Crippen LogP contribution in [0.25, 0.3) is 6.08 Å². The van der Waals surface area contributed by atoms with Gasteiger partial charge in [-0.05, 0) is 73.2 Å². The first kappa shape index (κ1) is 21.6. The lowest BCUT2D eigenvalue weighted by molar-refractivity contribution is -0.116. The minimum atomic E-state index is -0.157. The summed E-state index contributed by atoms with van der Waals surface area (Å²) >= 11 is 0. The van der Waals surface area contributed by atoms with E-state index < -0.39 is 0 Å². The van der Waals surface area contributed by atoms with E-state index in [-0.39, 0.29) is 12.0 Å². The lowest BCUT2D eigenvalue weighted by atomic mass is 10.2. The zero-order valence-corrected chi connectivity index (χ0v) is 17.9. The van der Waals surface area contributed by atoms with Crippen molar-refractivity contribution in [3.05, 3.63) is 89.9 Å². The van der Waals surface area contributed by atoms with E-state index in [1.165, 1.54) is 18.9 Å². The second kappa shape index (κ2) is 11.1. The van der Waals surface area contributed by atoms with Gasteiger partial charge in [0.25, 0.3) is 0 Å². The fraction of sp³-hybridized carbons (Fsp3) is 0.269. The third-order valence-electron chi connectivity index (χ3n) is 5.28. The van der Waals surface area contributed by atoms with Crippen LogP contribution in [0.3, 0.4) is 0 Å². The molecule has 1 aliphatic rings. The van der Waals surface area contributed by atoms with E-state index >= 15 is 0 Å².